The summed E-state index contributed by atoms with van der Waals surface area (Å²) in [5, 5.41) is 16.7. The lowest BCUT2D eigenvalue weighted by Gasteiger charge is -2.25. The summed E-state index contributed by atoms with van der Waals surface area (Å²) in [6, 6.07) is 1.38. The molecule has 0 saturated carbocycles. The second-order valence-electron chi connectivity index (χ2n) is 5.53. The molecule has 2 rings (SSSR count). The number of nitrogens with one attached hydrogen (secondary N) is 1. The van der Waals surface area contributed by atoms with Crippen molar-refractivity contribution < 1.29 is 14.4 Å². The molecule has 1 aromatic heterocycles. The zero-order valence-electron chi connectivity index (χ0n) is 11.9. The van der Waals surface area contributed by atoms with Gasteiger partial charge < -0.3 is 14.9 Å². The fraction of sp³-hybridized carbons (Fsp3) is 0.692. The Kier molecular flexibility index (Phi) is 3.30. The molecular formula is C13H21N3O3. The maximum absolute atomic E-state index is 11.8. The minimum absolute atomic E-state index is 0.104. The van der Waals surface area contributed by atoms with E-state index in [4.69, 9.17) is 4.52 Å². The zero-order chi connectivity index (χ0) is 14.3. The summed E-state index contributed by atoms with van der Waals surface area (Å²) in [5.74, 6) is 1.09. The minimum Gasteiger partial charge on any atom is -0.369 e. The number of aromatic nitrogens is 1. The van der Waals surface area contributed by atoms with Crippen molar-refractivity contribution in [1.29, 1.82) is 0 Å². The summed E-state index contributed by atoms with van der Waals surface area (Å²) < 4.78 is 5.38. The minimum atomic E-state index is -1.28. The normalized spacial score (nSPS) is 23.8. The molecule has 2 heterocycles. The van der Waals surface area contributed by atoms with Crippen LogP contribution < -0.4 is 10.2 Å². The lowest BCUT2D eigenvalue weighted by Crippen LogP contribution is -2.44. The molecule has 1 saturated heterocycles. The highest BCUT2D eigenvalue weighted by Crippen LogP contribution is 2.34. The highest BCUT2D eigenvalue weighted by molar-refractivity contribution is 5.94. The monoisotopic (exact) mass is 267 g/mol. The van der Waals surface area contributed by atoms with Crippen molar-refractivity contribution in [3.05, 3.63) is 11.8 Å². The standard InChI is InChI=1S/C13H21N3O3/c1-5-12(3,6-2)9-7-10(15-19-9)16-11(17)14-8-13(16,4)18/h7,18H,5-6,8H2,1-4H3,(H,14,17). The number of aliphatic hydroxyl groups is 1. The molecular weight excluding hydrogens is 246 g/mol. The molecule has 1 fully saturated rings. The number of amides is 2. The highest BCUT2D eigenvalue weighted by Gasteiger charge is 2.43. The Hall–Kier alpha value is -1.56. The maximum Gasteiger partial charge on any atom is 0.325 e. The van der Waals surface area contributed by atoms with Crippen molar-refractivity contribution in [3.63, 3.8) is 0 Å². The van der Waals surface area contributed by atoms with Crippen LogP contribution >= 0.6 is 0 Å². The number of nitrogens with zero attached hydrogens (tertiary/aromatic N) is 2. The second kappa shape index (κ2) is 4.52. The third-order valence-electron chi connectivity index (χ3n) is 4.14. The maximum atomic E-state index is 11.8. The largest absolute Gasteiger partial charge is 0.369 e. The summed E-state index contributed by atoms with van der Waals surface area (Å²) in [6.07, 6.45) is 1.83. The van der Waals surface area contributed by atoms with Gasteiger partial charge in [0.05, 0.1) is 6.54 Å². The fourth-order valence-electron chi connectivity index (χ4n) is 2.22. The lowest BCUT2D eigenvalue weighted by molar-refractivity contribution is 0.0847. The number of hydrogen-bond donors (Lipinski definition) is 2. The molecule has 0 radical (unpaired) electrons. The van der Waals surface area contributed by atoms with Crippen LogP contribution in [0.15, 0.2) is 10.6 Å². The van der Waals surface area contributed by atoms with Crippen molar-refractivity contribution in [2.24, 2.45) is 0 Å². The van der Waals surface area contributed by atoms with Gasteiger partial charge in [-0.15, -0.1) is 0 Å². The Morgan fingerprint density at radius 2 is 2.21 bits per heavy atom. The van der Waals surface area contributed by atoms with E-state index in [0.717, 1.165) is 18.6 Å². The van der Waals surface area contributed by atoms with Gasteiger partial charge in [0.2, 0.25) is 0 Å². The SMILES string of the molecule is CCC(C)(CC)c1cc(N2C(=O)NCC2(C)O)no1. The van der Waals surface area contributed by atoms with Gasteiger partial charge in [-0.25, -0.2) is 9.69 Å². The van der Waals surface area contributed by atoms with E-state index in [9.17, 15) is 9.90 Å². The van der Waals surface area contributed by atoms with Gasteiger partial charge in [0.1, 0.15) is 5.76 Å². The number of anilines is 1. The van der Waals surface area contributed by atoms with E-state index in [0.29, 0.717) is 5.82 Å². The molecule has 106 valence electrons. The smallest absolute Gasteiger partial charge is 0.325 e. The fourth-order valence-corrected chi connectivity index (χ4v) is 2.22. The first-order valence-corrected chi connectivity index (χ1v) is 6.61. The molecule has 2 amide bonds. The molecule has 0 spiro atoms. The van der Waals surface area contributed by atoms with Crippen LogP contribution in [-0.2, 0) is 5.41 Å². The van der Waals surface area contributed by atoms with Gasteiger partial charge in [0.25, 0.3) is 0 Å². The topological polar surface area (TPSA) is 78.6 Å². The molecule has 1 aromatic rings. The van der Waals surface area contributed by atoms with Crippen molar-refractivity contribution in [2.45, 2.75) is 51.7 Å². The molecule has 0 bridgehead atoms. The van der Waals surface area contributed by atoms with E-state index in [1.165, 1.54) is 4.90 Å². The molecule has 1 unspecified atom stereocenters. The highest BCUT2D eigenvalue weighted by atomic mass is 16.5. The number of hydrogen-bond acceptors (Lipinski definition) is 4. The Bertz CT molecular complexity index is 477. The van der Waals surface area contributed by atoms with Crippen LogP contribution in [0, 0.1) is 0 Å². The van der Waals surface area contributed by atoms with Gasteiger partial charge in [-0.05, 0) is 19.8 Å². The predicted molar refractivity (Wildman–Crippen MR) is 70.9 cm³/mol. The lowest BCUT2D eigenvalue weighted by atomic mass is 9.82. The Balaban J connectivity index is 2.34. The Labute approximate surface area is 112 Å². The Morgan fingerprint density at radius 3 is 2.68 bits per heavy atom. The van der Waals surface area contributed by atoms with E-state index in [1.54, 1.807) is 13.0 Å². The quantitative estimate of drug-likeness (QED) is 0.874. The van der Waals surface area contributed by atoms with Crippen molar-refractivity contribution in [1.82, 2.24) is 10.5 Å². The van der Waals surface area contributed by atoms with Crippen molar-refractivity contribution >= 4 is 11.8 Å². The molecule has 0 aliphatic carbocycles. The van der Waals surface area contributed by atoms with Crippen LogP contribution in [0.2, 0.25) is 0 Å². The van der Waals surface area contributed by atoms with Crippen LogP contribution in [0.5, 0.6) is 0 Å². The van der Waals surface area contributed by atoms with E-state index < -0.39 is 5.72 Å². The van der Waals surface area contributed by atoms with Crippen molar-refractivity contribution in [3.8, 4) is 0 Å². The van der Waals surface area contributed by atoms with Crippen LogP contribution in [0.1, 0.15) is 46.3 Å². The molecule has 6 heteroatoms. The van der Waals surface area contributed by atoms with Gasteiger partial charge in [-0.2, -0.15) is 0 Å². The summed E-state index contributed by atoms with van der Waals surface area (Å²) in [5.41, 5.74) is -1.38. The van der Waals surface area contributed by atoms with E-state index >= 15 is 0 Å². The van der Waals surface area contributed by atoms with Gasteiger partial charge in [0.15, 0.2) is 11.5 Å². The molecule has 19 heavy (non-hydrogen) atoms. The second-order valence-corrected chi connectivity index (χ2v) is 5.53. The average molecular weight is 267 g/mol. The van der Waals surface area contributed by atoms with E-state index in [2.05, 4.69) is 31.2 Å². The van der Waals surface area contributed by atoms with Gasteiger partial charge in [-0.3, -0.25) is 0 Å². The summed E-state index contributed by atoms with van der Waals surface area (Å²) in [7, 11) is 0. The molecule has 1 atom stereocenters. The average Bonchev–Trinajstić information content (AvgIpc) is 2.94. The predicted octanol–water partition coefficient (Wildman–Crippen LogP) is 1.99. The molecule has 2 N–H and O–H groups in total. The van der Waals surface area contributed by atoms with Crippen LogP contribution in [0.25, 0.3) is 0 Å². The first kappa shape index (κ1) is 13.9. The van der Waals surface area contributed by atoms with Gasteiger partial charge in [-0.1, -0.05) is 25.9 Å². The number of carbonyl (C=O) groups excluding carboxylic acids is 1. The number of urea groups is 1. The van der Waals surface area contributed by atoms with Gasteiger partial charge in [0, 0.05) is 11.5 Å². The molecule has 1 aliphatic rings. The molecule has 6 nitrogen and oxygen atoms in total. The molecule has 1 aliphatic heterocycles. The van der Waals surface area contributed by atoms with Crippen LogP contribution in [0.3, 0.4) is 0 Å². The number of β-amino-alcohol motifs (C(OH)–C–C–N with tert-alkyl or cyclic N) is 1. The summed E-state index contributed by atoms with van der Waals surface area (Å²) in [6.45, 7) is 8.01. The van der Waals surface area contributed by atoms with Gasteiger partial charge >= 0.3 is 6.03 Å². The zero-order valence-corrected chi connectivity index (χ0v) is 11.9. The first-order chi connectivity index (χ1) is 8.84. The third kappa shape index (κ3) is 2.20. The van der Waals surface area contributed by atoms with Crippen molar-refractivity contribution in [2.75, 3.05) is 11.4 Å². The van der Waals surface area contributed by atoms with E-state index in [-0.39, 0.29) is 18.0 Å². The first-order valence-electron chi connectivity index (χ1n) is 6.61. The summed E-state index contributed by atoms with van der Waals surface area (Å²) in [4.78, 5) is 13.0. The third-order valence-corrected chi connectivity index (χ3v) is 4.14. The molecule has 0 aromatic carbocycles. The number of carbonyl (C=O) groups is 1. The van der Waals surface area contributed by atoms with Crippen LogP contribution in [-0.4, -0.2) is 28.6 Å². The number of rotatable bonds is 4. The van der Waals surface area contributed by atoms with Crippen LogP contribution in [0.4, 0.5) is 10.6 Å². The Morgan fingerprint density at radius 1 is 1.58 bits per heavy atom. The van der Waals surface area contributed by atoms with E-state index in [1.807, 2.05) is 0 Å². The summed E-state index contributed by atoms with van der Waals surface area (Å²) >= 11 is 0.